The lowest BCUT2D eigenvalue weighted by molar-refractivity contribution is -0.109. The highest BCUT2D eigenvalue weighted by Gasteiger charge is 2.41. The van der Waals surface area contributed by atoms with Gasteiger partial charge in [-0.3, -0.25) is 9.91 Å². The van der Waals surface area contributed by atoms with E-state index in [0.717, 1.165) is 51.8 Å². The lowest BCUT2D eigenvalue weighted by Crippen LogP contribution is -2.54. The molecule has 0 aromatic rings. The van der Waals surface area contributed by atoms with Crippen LogP contribution in [0.4, 0.5) is 4.79 Å². The molecule has 0 bridgehead atoms. The summed E-state index contributed by atoms with van der Waals surface area (Å²) in [6.07, 6.45) is 7.57. The van der Waals surface area contributed by atoms with Crippen LogP contribution in [0.15, 0.2) is 5.10 Å². The van der Waals surface area contributed by atoms with E-state index in [0.29, 0.717) is 12.1 Å². The zero-order chi connectivity index (χ0) is 21.9. The summed E-state index contributed by atoms with van der Waals surface area (Å²) in [4.78, 5) is 17.5. The highest BCUT2D eigenvalue weighted by molar-refractivity contribution is 5.69. The van der Waals surface area contributed by atoms with E-state index in [4.69, 9.17) is 9.47 Å². The summed E-state index contributed by atoms with van der Waals surface area (Å²) >= 11 is 0. The smallest absolute Gasteiger partial charge is 0.410 e. The summed E-state index contributed by atoms with van der Waals surface area (Å²) in [5, 5.41) is 6.37. The molecule has 3 aliphatic rings. The maximum absolute atomic E-state index is 13.0. The van der Waals surface area contributed by atoms with Crippen molar-refractivity contribution in [3.8, 4) is 0 Å². The average Bonchev–Trinajstić information content (AvgIpc) is 3.13. The molecule has 3 unspecified atom stereocenters. The van der Waals surface area contributed by atoms with Gasteiger partial charge in [0.15, 0.2) is 0 Å². The normalized spacial score (nSPS) is 27.8. The first-order valence-electron chi connectivity index (χ1n) is 11.8. The molecule has 0 aromatic carbocycles. The van der Waals surface area contributed by atoms with Crippen molar-refractivity contribution in [3.63, 3.8) is 0 Å². The molecule has 3 fully saturated rings. The minimum atomic E-state index is -0.463. The number of ether oxygens (including phenoxy) is 2. The average molecular weight is 423 g/mol. The molecule has 7 heteroatoms. The van der Waals surface area contributed by atoms with E-state index in [-0.39, 0.29) is 24.4 Å². The second-order valence-corrected chi connectivity index (χ2v) is 10.2. The van der Waals surface area contributed by atoms with Gasteiger partial charge >= 0.3 is 6.09 Å². The molecule has 3 rings (SSSR count). The van der Waals surface area contributed by atoms with Crippen LogP contribution in [0.5, 0.6) is 0 Å². The Bertz CT molecular complexity index is 583. The van der Waals surface area contributed by atoms with E-state index in [2.05, 4.69) is 40.5 Å². The minimum Gasteiger partial charge on any atom is -0.444 e. The molecule has 2 aliphatic heterocycles. The zero-order valence-electron chi connectivity index (χ0n) is 19.7. The van der Waals surface area contributed by atoms with Crippen molar-refractivity contribution in [3.05, 3.63) is 0 Å². The molecule has 1 amide bonds. The molecule has 30 heavy (non-hydrogen) atoms. The Balaban J connectivity index is 1.63. The van der Waals surface area contributed by atoms with Gasteiger partial charge in [0.05, 0.1) is 6.04 Å². The quantitative estimate of drug-likeness (QED) is 0.457. The number of rotatable bonds is 7. The highest BCUT2D eigenvalue weighted by atomic mass is 16.6. The highest BCUT2D eigenvalue weighted by Crippen LogP contribution is 2.32. The molecule has 172 valence electrons. The fraction of sp³-hybridized carbons (Fsp3) is 0.913. The minimum absolute atomic E-state index is 0.0281. The van der Waals surface area contributed by atoms with Gasteiger partial charge in [-0.05, 0) is 79.6 Å². The Kier molecular flexibility index (Phi) is 7.66. The van der Waals surface area contributed by atoms with E-state index in [1.165, 1.54) is 12.8 Å². The van der Waals surface area contributed by atoms with Gasteiger partial charge in [0.1, 0.15) is 11.8 Å². The number of hydrogen-bond acceptors (Lipinski definition) is 6. The summed E-state index contributed by atoms with van der Waals surface area (Å²) in [5.74, 6) is 0. The Morgan fingerprint density at radius 1 is 1.13 bits per heavy atom. The Labute approximate surface area is 182 Å². The van der Waals surface area contributed by atoms with Crippen LogP contribution in [-0.4, -0.2) is 83.3 Å². The summed E-state index contributed by atoms with van der Waals surface area (Å²) in [6, 6.07) is 1.05. The SMILES string of the molecule is C=NN(C1CCCCO1)C(C)C(C)N1CC[C@@H](N(C(=O)OC(C)(C)C)C2CCC2)C1. The predicted molar refractivity (Wildman–Crippen MR) is 120 cm³/mol. The van der Waals surface area contributed by atoms with E-state index >= 15 is 0 Å². The number of hydrogen-bond donors (Lipinski definition) is 0. The van der Waals surface area contributed by atoms with Crippen LogP contribution in [0.1, 0.15) is 79.6 Å². The molecule has 2 saturated heterocycles. The van der Waals surface area contributed by atoms with Crippen molar-refractivity contribution >= 4 is 12.8 Å². The monoisotopic (exact) mass is 422 g/mol. The number of carbonyl (C=O) groups excluding carboxylic acids is 1. The molecule has 7 nitrogen and oxygen atoms in total. The molecule has 1 saturated carbocycles. The van der Waals surface area contributed by atoms with Crippen LogP contribution in [0.25, 0.3) is 0 Å². The van der Waals surface area contributed by atoms with Gasteiger partial charge in [0.2, 0.25) is 0 Å². The molecule has 0 spiro atoms. The Morgan fingerprint density at radius 3 is 2.40 bits per heavy atom. The number of amides is 1. The fourth-order valence-electron chi connectivity index (χ4n) is 4.88. The number of likely N-dealkylation sites (tertiary alicyclic amines) is 1. The van der Waals surface area contributed by atoms with Gasteiger partial charge in [0.25, 0.3) is 0 Å². The van der Waals surface area contributed by atoms with Gasteiger partial charge in [-0.1, -0.05) is 0 Å². The van der Waals surface area contributed by atoms with Crippen LogP contribution in [-0.2, 0) is 9.47 Å². The van der Waals surface area contributed by atoms with Crippen LogP contribution >= 0.6 is 0 Å². The second kappa shape index (κ2) is 9.86. The number of hydrazone groups is 1. The van der Waals surface area contributed by atoms with Crippen molar-refractivity contribution in [1.82, 2.24) is 14.8 Å². The first kappa shape index (κ1) is 23.3. The topological polar surface area (TPSA) is 57.6 Å². The lowest BCUT2D eigenvalue weighted by atomic mass is 9.90. The van der Waals surface area contributed by atoms with Crippen LogP contribution in [0, 0.1) is 0 Å². The largest absolute Gasteiger partial charge is 0.444 e. The van der Waals surface area contributed by atoms with Crippen LogP contribution < -0.4 is 0 Å². The lowest BCUT2D eigenvalue weighted by Gasteiger charge is -2.43. The predicted octanol–water partition coefficient (Wildman–Crippen LogP) is 4.07. The number of nitrogens with zero attached hydrogens (tertiary/aromatic N) is 4. The molecule has 0 radical (unpaired) electrons. The molecule has 2 heterocycles. The third-order valence-corrected chi connectivity index (χ3v) is 6.97. The standard InChI is InChI=1S/C23H42N4O3/c1-17(18(2)27(24-6)21-12-7-8-15-29-21)25-14-13-20(16-25)26(19-10-9-11-19)22(28)30-23(3,4)5/h17-21H,6-16H2,1-5H3/t17?,18?,20-,21?/m1/s1. The Morgan fingerprint density at radius 2 is 1.87 bits per heavy atom. The summed E-state index contributed by atoms with van der Waals surface area (Å²) in [5.41, 5.74) is -0.463. The van der Waals surface area contributed by atoms with Crippen molar-refractivity contribution in [2.75, 3.05) is 19.7 Å². The third kappa shape index (κ3) is 5.47. The first-order chi connectivity index (χ1) is 14.2. The van der Waals surface area contributed by atoms with Crippen LogP contribution in [0.2, 0.25) is 0 Å². The third-order valence-electron chi connectivity index (χ3n) is 6.97. The van der Waals surface area contributed by atoms with Crippen molar-refractivity contribution in [1.29, 1.82) is 0 Å². The second-order valence-electron chi connectivity index (χ2n) is 10.2. The Hall–Kier alpha value is -1.34. The van der Waals surface area contributed by atoms with Crippen molar-refractivity contribution in [2.45, 2.75) is 116 Å². The molecule has 0 aromatic heterocycles. The molecule has 0 N–H and O–H groups in total. The first-order valence-corrected chi connectivity index (χ1v) is 11.8. The van der Waals surface area contributed by atoms with E-state index in [9.17, 15) is 4.79 Å². The van der Waals surface area contributed by atoms with Crippen molar-refractivity contribution < 1.29 is 14.3 Å². The fourth-order valence-corrected chi connectivity index (χ4v) is 4.88. The molecular weight excluding hydrogens is 380 g/mol. The van der Waals surface area contributed by atoms with Gasteiger partial charge in [-0.15, -0.1) is 0 Å². The van der Waals surface area contributed by atoms with E-state index in [1.807, 2.05) is 20.8 Å². The van der Waals surface area contributed by atoms with Gasteiger partial charge in [-0.25, -0.2) is 4.79 Å². The summed E-state index contributed by atoms with van der Waals surface area (Å²) < 4.78 is 11.7. The molecular formula is C23H42N4O3. The molecule has 1 aliphatic carbocycles. The maximum atomic E-state index is 13.0. The van der Waals surface area contributed by atoms with Gasteiger partial charge in [-0.2, -0.15) is 5.10 Å². The molecule has 4 atom stereocenters. The van der Waals surface area contributed by atoms with Crippen LogP contribution in [0.3, 0.4) is 0 Å². The van der Waals surface area contributed by atoms with Gasteiger partial charge in [0, 0.05) is 44.5 Å². The summed E-state index contributed by atoms with van der Waals surface area (Å²) in [7, 11) is 0. The maximum Gasteiger partial charge on any atom is 0.410 e. The van der Waals surface area contributed by atoms with Gasteiger partial charge < -0.3 is 14.4 Å². The zero-order valence-corrected chi connectivity index (χ0v) is 19.7. The number of carbonyl (C=O) groups is 1. The van der Waals surface area contributed by atoms with Crippen molar-refractivity contribution in [2.24, 2.45) is 5.10 Å². The van der Waals surface area contributed by atoms with E-state index in [1.54, 1.807) is 0 Å². The summed E-state index contributed by atoms with van der Waals surface area (Å²) in [6.45, 7) is 16.8. The van der Waals surface area contributed by atoms with E-state index < -0.39 is 5.60 Å².